The van der Waals surface area contributed by atoms with Gasteiger partial charge in [0, 0.05) is 44.0 Å². The van der Waals surface area contributed by atoms with Gasteiger partial charge >= 0.3 is 0 Å². The van der Waals surface area contributed by atoms with Crippen molar-refractivity contribution in [1.82, 2.24) is 24.6 Å². The van der Waals surface area contributed by atoms with Crippen molar-refractivity contribution in [3.63, 3.8) is 0 Å². The topological polar surface area (TPSA) is 54.3 Å². The van der Waals surface area contributed by atoms with Crippen LogP contribution < -0.4 is 0 Å². The average molecular weight is 430 g/mol. The van der Waals surface area contributed by atoms with Crippen LogP contribution in [0.1, 0.15) is 10.6 Å². The minimum absolute atomic E-state index is 0.0482. The lowest BCUT2D eigenvalue weighted by Gasteiger charge is -2.33. The summed E-state index contributed by atoms with van der Waals surface area (Å²) in [6.45, 7) is 4.04. The van der Waals surface area contributed by atoms with E-state index in [1.54, 1.807) is 23.6 Å². The van der Waals surface area contributed by atoms with E-state index < -0.39 is 0 Å². The van der Waals surface area contributed by atoms with E-state index in [1.165, 1.54) is 4.70 Å². The molecule has 156 valence electrons. The lowest BCUT2D eigenvalue weighted by molar-refractivity contribution is -0.127. The third kappa shape index (κ3) is 4.57. The Kier molecular flexibility index (Phi) is 5.60. The molecule has 3 heterocycles. The third-order valence-corrected chi connectivity index (χ3v) is 6.44. The van der Waals surface area contributed by atoms with Crippen LogP contribution >= 0.6 is 11.3 Å². The molecule has 0 bridgehead atoms. The Morgan fingerprint density at radius 3 is 2.58 bits per heavy atom. The molecule has 0 aliphatic carbocycles. The molecule has 1 aliphatic heterocycles. The van der Waals surface area contributed by atoms with E-state index in [-0.39, 0.29) is 5.91 Å². The molecule has 1 aliphatic rings. The SMILES string of the molecule is O=C(/C=C/c1cnn(-c2ccccc2)c1)N1CCN(Cc2nc3ccccc3s2)CC1. The van der Waals surface area contributed by atoms with Crippen LogP contribution in [0.5, 0.6) is 0 Å². The summed E-state index contributed by atoms with van der Waals surface area (Å²) in [6.07, 6.45) is 7.18. The summed E-state index contributed by atoms with van der Waals surface area (Å²) in [5.41, 5.74) is 2.97. The van der Waals surface area contributed by atoms with E-state index in [0.717, 1.165) is 54.5 Å². The molecule has 7 heteroatoms. The second kappa shape index (κ2) is 8.83. The van der Waals surface area contributed by atoms with Crippen molar-refractivity contribution in [2.45, 2.75) is 6.54 Å². The molecule has 1 fully saturated rings. The molecule has 4 aromatic rings. The van der Waals surface area contributed by atoms with E-state index in [9.17, 15) is 4.79 Å². The number of thiazole rings is 1. The first-order chi connectivity index (χ1) is 15.2. The Balaban J connectivity index is 1.14. The highest BCUT2D eigenvalue weighted by Gasteiger charge is 2.20. The predicted octanol–water partition coefficient (Wildman–Crippen LogP) is 3.84. The summed E-state index contributed by atoms with van der Waals surface area (Å²) < 4.78 is 3.04. The largest absolute Gasteiger partial charge is 0.337 e. The molecule has 1 amide bonds. The Hall–Kier alpha value is -3.29. The lowest BCUT2D eigenvalue weighted by Crippen LogP contribution is -2.47. The smallest absolute Gasteiger partial charge is 0.246 e. The van der Waals surface area contributed by atoms with Crippen LogP contribution in [0.4, 0.5) is 0 Å². The van der Waals surface area contributed by atoms with Crippen molar-refractivity contribution in [3.05, 3.63) is 83.6 Å². The van der Waals surface area contributed by atoms with Gasteiger partial charge in [0.2, 0.25) is 5.91 Å². The fourth-order valence-corrected chi connectivity index (χ4v) is 4.73. The normalized spacial score (nSPS) is 15.2. The monoisotopic (exact) mass is 429 g/mol. The van der Waals surface area contributed by atoms with Crippen LogP contribution in [0.15, 0.2) is 73.1 Å². The van der Waals surface area contributed by atoms with Crippen molar-refractivity contribution in [3.8, 4) is 5.69 Å². The summed E-state index contributed by atoms with van der Waals surface area (Å²) in [5.74, 6) is 0.0482. The Bertz CT molecular complexity index is 1170. The number of hydrogen-bond acceptors (Lipinski definition) is 5. The number of nitrogens with zero attached hydrogens (tertiary/aromatic N) is 5. The maximum atomic E-state index is 12.6. The number of aromatic nitrogens is 3. The van der Waals surface area contributed by atoms with Crippen LogP contribution in [0, 0.1) is 0 Å². The number of hydrogen-bond donors (Lipinski definition) is 0. The Morgan fingerprint density at radius 1 is 1.00 bits per heavy atom. The number of carbonyl (C=O) groups is 1. The zero-order chi connectivity index (χ0) is 21.0. The molecule has 2 aromatic heterocycles. The number of piperazine rings is 1. The summed E-state index contributed by atoms with van der Waals surface area (Å²) in [4.78, 5) is 21.6. The van der Waals surface area contributed by atoms with Crippen LogP contribution in [0.2, 0.25) is 0 Å². The van der Waals surface area contributed by atoms with Gasteiger partial charge in [-0.05, 0) is 30.3 Å². The second-order valence-electron chi connectivity index (χ2n) is 7.56. The number of para-hydroxylation sites is 2. The van der Waals surface area contributed by atoms with Crippen LogP contribution in [-0.4, -0.2) is 56.7 Å². The van der Waals surface area contributed by atoms with E-state index in [4.69, 9.17) is 4.98 Å². The van der Waals surface area contributed by atoms with Crippen LogP contribution in [0.25, 0.3) is 22.0 Å². The van der Waals surface area contributed by atoms with Crippen LogP contribution in [-0.2, 0) is 11.3 Å². The number of fused-ring (bicyclic) bond motifs is 1. The van der Waals surface area contributed by atoms with Gasteiger partial charge in [-0.15, -0.1) is 11.3 Å². The minimum atomic E-state index is 0.0482. The van der Waals surface area contributed by atoms with E-state index in [1.807, 2.05) is 58.3 Å². The number of benzene rings is 2. The number of rotatable bonds is 5. The third-order valence-electron chi connectivity index (χ3n) is 5.42. The highest BCUT2D eigenvalue weighted by atomic mass is 32.1. The molecule has 0 saturated carbocycles. The van der Waals surface area contributed by atoms with Gasteiger partial charge in [0.25, 0.3) is 0 Å². The van der Waals surface area contributed by atoms with Gasteiger partial charge in [-0.25, -0.2) is 9.67 Å². The fourth-order valence-electron chi connectivity index (χ4n) is 3.72. The van der Waals surface area contributed by atoms with Gasteiger partial charge in [0.15, 0.2) is 0 Å². The van der Waals surface area contributed by atoms with Crippen molar-refractivity contribution in [2.75, 3.05) is 26.2 Å². The molecule has 2 aromatic carbocycles. The molecule has 0 N–H and O–H groups in total. The van der Waals surface area contributed by atoms with E-state index >= 15 is 0 Å². The molecule has 0 unspecified atom stereocenters. The second-order valence-corrected chi connectivity index (χ2v) is 8.68. The van der Waals surface area contributed by atoms with Crippen molar-refractivity contribution < 1.29 is 4.79 Å². The molecule has 0 radical (unpaired) electrons. The van der Waals surface area contributed by atoms with Gasteiger partial charge in [0.05, 0.1) is 28.6 Å². The van der Waals surface area contributed by atoms with Crippen molar-refractivity contribution in [2.24, 2.45) is 0 Å². The van der Waals surface area contributed by atoms with Gasteiger partial charge < -0.3 is 4.90 Å². The Labute approximate surface area is 185 Å². The number of amides is 1. The summed E-state index contributed by atoms with van der Waals surface area (Å²) in [5, 5.41) is 5.51. The maximum absolute atomic E-state index is 12.6. The Morgan fingerprint density at radius 2 is 1.77 bits per heavy atom. The molecule has 0 spiro atoms. The standard InChI is InChI=1S/C24H23N5OS/c30-24(11-10-19-16-25-29(17-19)20-6-2-1-3-7-20)28-14-12-27(13-15-28)18-23-26-21-8-4-5-9-22(21)31-23/h1-11,16-17H,12-15,18H2/b11-10+. The molecule has 0 atom stereocenters. The molecule has 31 heavy (non-hydrogen) atoms. The molecule has 1 saturated heterocycles. The fraction of sp³-hybridized carbons (Fsp3) is 0.208. The highest BCUT2D eigenvalue weighted by molar-refractivity contribution is 7.18. The zero-order valence-corrected chi connectivity index (χ0v) is 17.9. The van der Waals surface area contributed by atoms with Crippen LogP contribution in [0.3, 0.4) is 0 Å². The maximum Gasteiger partial charge on any atom is 0.246 e. The first-order valence-corrected chi connectivity index (χ1v) is 11.2. The molecule has 6 nitrogen and oxygen atoms in total. The van der Waals surface area contributed by atoms with Crippen molar-refractivity contribution in [1.29, 1.82) is 0 Å². The predicted molar refractivity (Wildman–Crippen MR) is 124 cm³/mol. The quantitative estimate of drug-likeness (QED) is 0.453. The highest BCUT2D eigenvalue weighted by Crippen LogP contribution is 2.23. The van der Waals surface area contributed by atoms with Gasteiger partial charge in [-0.1, -0.05) is 30.3 Å². The zero-order valence-electron chi connectivity index (χ0n) is 17.1. The molecular weight excluding hydrogens is 406 g/mol. The summed E-state index contributed by atoms with van der Waals surface area (Å²) in [7, 11) is 0. The summed E-state index contributed by atoms with van der Waals surface area (Å²) in [6, 6.07) is 18.2. The van der Waals surface area contributed by atoms with E-state index in [0.29, 0.717) is 0 Å². The van der Waals surface area contributed by atoms with Gasteiger partial charge in [-0.3, -0.25) is 9.69 Å². The minimum Gasteiger partial charge on any atom is -0.337 e. The molecule has 5 rings (SSSR count). The first-order valence-electron chi connectivity index (χ1n) is 10.4. The van der Waals surface area contributed by atoms with Gasteiger partial charge in [0.1, 0.15) is 5.01 Å². The number of carbonyl (C=O) groups excluding carboxylic acids is 1. The average Bonchev–Trinajstić information content (AvgIpc) is 3.45. The lowest BCUT2D eigenvalue weighted by atomic mass is 10.2. The van der Waals surface area contributed by atoms with E-state index in [2.05, 4.69) is 28.2 Å². The summed E-state index contributed by atoms with van der Waals surface area (Å²) >= 11 is 1.75. The van der Waals surface area contributed by atoms with Gasteiger partial charge in [-0.2, -0.15) is 5.10 Å². The van der Waals surface area contributed by atoms with Crippen molar-refractivity contribution >= 4 is 33.5 Å². The molecular formula is C24H23N5OS. The first kappa shape index (κ1) is 19.7.